The highest BCUT2D eigenvalue weighted by Gasteiger charge is 2.14. The van der Waals surface area contributed by atoms with E-state index in [0.717, 1.165) is 5.01 Å². The molecule has 0 radical (unpaired) electrons. The first-order valence-corrected chi connectivity index (χ1v) is 5.18. The topological polar surface area (TPSA) is 64.1 Å². The van der Waals surface area contributed by atoms with Gasteiger partial charge >= 0.3 is 5.97 Å². The molecule has 14 heavy (non-hydrogen) atoms. The van der Waals surface area contributed by atoms with Gasteiger partial charge in [0.1, 0.15) is 11.0 Å². The first-order chi connectivity index (χ1) is 6.63. The Kier molecular flexibility index (Phi) is 3.82. The van der Waals surface area contributed by atoms with Crippen LogP contribution in [-0.2, 0) is 9.53 Å². The molecular formula is C8H13N3O2S. The van der Waals surface area contributed by atoms with Crippen molar-refractivity contribution in [2.24, 2.45) is 0 Å². The van der Waals surface area contributed by atoms with Crippen LogP contribution in [0.1, 0.15) is 18.9 Å². The van der Waals surface area contributed by atoms with Gasteiger partial charge in [-0.15, -0.1) is 10.2 Å². The van der Waals surface area contributed by atoms with Gasteiger partial charge in [0.15, 0.2) is 0 Å². The Labute approximate surface area is 86.5 Å². The van der Waals surface area contributed by atoms with Crippen molar-refractivity contribution in [1.82, 2.24) is 10.2 Å². The first-order valence-electron chi connectivity index (χ1n) is 4.36. The fraction of sp³-hybridized carbons (Fsp3) is 0.625. The summed E-state index contributed by atoms with van der Waals surface area (Å²) >= 11 is 1.41. The maximum atomic E-state index is 11.2. The highest BCUT2D eigenvalue weighted by Crippen LogP contribution is 2.14. The lowest BCUT2D eigenvalue weighted by atomic mass is 10.3. The summed E-state index contributed by atoms with van der Waals surface area (Å²) in [5.41, 5.74) is 0. The van der Waals surface area contributed by atoms with Crippen LogP contribution in [0.3, 0.4) is 0 Å². The van der Waals surface area contributed by atoms with E-state index in [1.54, 1.807) is 13.8 Å². The Morgan fingerprint density at radius 2 is 2.36 bits per heavy atom. The van der Waals surface area contributed by atoms with Gasteiger partial charge in [-0.1, -0.05) is 11.3 Å². The Morgan fingerprint density at radius 3 is 2.86 bits per heavy atom. The second-order valence-corrected chi connectivity index (χ2v) is 3.93. The van der Waals surface area contributed by atoms with Crippen molar-refractivity contribution in [3.8, 4) is 0 Å². The van der Waals surface area contributed by atoms with Crippen LogP contribution in [0.15, 0.2) is 0 Å². The molecule has 5 nitrogen and oxygen atoms in total. The van der Waals surface area contributed by atoms with Crippen LogP contribution in [0, 0.1) is 6.92 Å². The van der Waals surface area contributed by atoms with Gasteiger partial charge in [0.25, 0.3) is 0 Å². The predicted octanol–water partition coefficient (Wildman–Crippen LogP) is 1.21. The average molecular weight is 215 g/mol. The summed E-state index contributed by atoms with van der Waals surface area (Å²) in [4.78, 5) is 11.2. The lowest BCUT2D eigenvalue weighted by Gasteiger charge is -2.10. The molecule has 0 fully saturated rings. The van der Waals surface area contributed by atoms with Gasteiger partial charge in [0.2, 0.25) is 5.13 Å². The van der Waals surface area contributed by atoms with Crippen molar-refractivity contribution in [1.29, 1.82) is 0 Å². The Bertz CT molecular complexity index is 313. The van der Waals surface area contributed by atoms with Gasteiger partial charge in [-0.3, -0.25) is 0 Å². The predicted molar refractivity (Wildman–Crippen MR) is 54.4 cm³/mol. The molecule has 0 amide bonds. The minimum absolute atomic E-state index is 0.277. The lowest BCUT2D eigenvalue weighted by Crippen LogP contribution is -2.28. The van der Waals surface area contributed by atoms with Gasteiger partial charge < -0.3 is 10.1 Å². The standard InChI is InChI=1S/C8H13N3O2S/c1-4-13-7(12)5(2)9-8-11-10-6(3)14-8/h5H,4H2,1-3H3,(H,9,11). The second kappa shape index (κ2) is 4.90. The maximum absolute atomic E-state index is 11.2. The highest BCUT2D eigenvalue weighted by molar-refractivity contribution is 7.15. The molecule has 78 valence electrons. The Balaban J connectivity index is 2.48. The number of hydrogen-bond acceptors (Lipinski definition) is 6. The maximum Gasteiger partial charge on any atom is 0.328 e. The average Bonchev–Trinajstić information content (AvgIpc) is 2.51. The van der Waals surface area contributed by atoms with Gasteiger partial charge in [-0.05, 0) is 20.8 Å². The smallest absolute Gasteiger partial charge is 0.328 e. The quantitative estimate of drug-likeness (QED) is 0.765. The number of anilines is 1. The number of carbonyl (C=O) groups is 1. The molecule has 0 aliphatic carbocycles. The molecule has 0 saturated heterocycles. The van der Waals surface area contributed by atoms with Gasteiger partial charge in [-0.25, -0.2) is 4.79 Å². The fourth-order valence-electron chi connectivity index (χ4n) is 0.866. The van der Waals surface area contributed by atoms with Gasteiger partial charge in [-0.2, -0.15) is 0 Å². The molecule has 6 heteroatoms. The molecule has 1 aromatic rings. The molecule has 0 aliphatic heterocycles. The van der Waals surface area contributed by atoms with E-state index in [0.29, 0.717) is 11.7 Å². The number of rotatable bonds is 4. The zero-order valence-electron chi connectivity index (χ0n) is 8.40. The van der Waals surface area contributed by atoms with Crippen molar-refractivity contribution in [2.75, 3.05) is 11.9 Å². The molecule has 1 rings (SSSR count). The van der Waals surface area contributed by atoms with Crippen LogP contribution in [0.4, 0.5) is 5.13 Å². The third-order valence-electron chi connectivity index (χ3n) is 1.51. The number of esters is 1. The van der Waals surface area contributed by atoms with Gasteiger partial charge in [0, 0.05) is 0 Å². The summed E-state index contributed by atoms with van der Waals surface area (Å²) in [6, 6.07) is -0.387. The lowest BCUT2D eigenvalue weighted by molar-refractivity contribution is -0.143. The SMILES string of the molecule is CCOC(=O)C(C)Nc1nnc(C)s1. The minimum Gasteiger partial charge on any atom is -0.464 e. The Hall–Kier alpha value is -1.17. The minimum atomic E-state index is -0.387. The third-order valence-corrected chi connectivity index (χ3v) is 2.28. The first kappa shape index (κ1) is 10.9. The molecule has 1 unspecified atom stereocenters. The van der Waals surface area contributed by atoms with Crippen molar-refractivity contribution in [3.63, 3.8) is 0 Å². The second-order valence-electron chi connectivity index (χ2n) is 2.74. The summed E-state index contributed by atoms with van der Waals surface area (Å²) < 4.78 is 4.84. The fourth-order valence-corrected chi connectivity index (χ4v) is 1.55. The summed E-state index contributed by atoms with van der Waals surface area (Å²) in [6.07, 6.45) is 0. The van der Waals surface area contributed by atoms with E-state index < -0.39 is 0 Å². The molecule has 1 aromatic heterocycles. The summed E-state index contributed by atoms with van der Waals surface area (Å²) in [5.74, 6) is -0.277. The molecule has 0 bridgehead atoms. The summed E-state index contributed by atoms with van der Waals surface area (Å²) in [7, 11) is 0. The normalized spacial score (nSPS) is 12.2. The number of aromatic nitrogens is 2. The zero-order chi connectivity index (χ0) is 10.6. The molecule has 1 atom stereocenters. The van der Waals surface area contributed by atoms with E-state index in [1.807, 2.05) is 6.92 Å². The van der Waals surface area contributed by atoms with E-state index in [-0.39, 0.29) is 12.0 Å². The summed E-state index contributed by atoms with van der Waals surface area (Å²) in [6.45, 7) is 5.76. The number of carbonyl (C=O) groups excluding carboxylic acids is 1. The van der Waals surface area contributed by atoms with Crippen LogP contribution in [0.5, 0.6) is 0 Å². The molecule has 0 saturated carbocycles. The van der Waals surface area contributed by atoms with Crippen molar-refractivity contribution >= 4 is 22.4 Å². The third kappa shape index (κ3) is 2.95. The monoisotopic (exact) mass is 215 g/mol. The molecule has 1 N–H and O–H groups in total. The van der Waals surface area contributed by atoms with E-state index in [1.165, 1.54) is 11.3 Å². The number of ether oxygens (including phenoxy) is 1. The van der Waals surface area contributed by atoms with Crippen LogP contribution >= 0.6 is 11.3 Å². The van der Waals surface area contributed by atoms with Crippen molar-refractivity contribution in [2.45, 2.75) is 26.8 Å². The molecule has 0 aromatic carbocycles. The molecular weight excluding hydrogens is 202 g/mol. The highest BCUT2D eigenvalue weighted by atomic mass is 32.1. The van der Waals surface area contributed by atoms with E-state index in [4.69, 9.17) is 4.74 Å². The number of hydrogen-bond donors (Lipinski definition) is 1. The van der Waals surface area contributed by atoms with E-state index in [9.17, 15) is 4.79 Å². The number of nitrogens with zero attached hydrogens (tertiary/aromatic N) is 2. The molecule has 0 aliphatic rings. The Morgan fingerprint density at radius 1 is 1.64 bits per heavy atom. The van der Waals surface area contributed by atoms with Crippen LogP contribution in [-0.4, -0.2) is 28.8 Å². The van der Waals surface area contributed by atoms with Crippen molar-refractivity contribution < 1.29 is 9.53 Å². The van der Waals surface area contributed by atoms with Crippen LogP contribution in [0.25, 0.3) is 0 Å². The largest absolute Gasteiger partial charge is 0.464 e. The summed E-state index contributed by atoms with van der Waals surface area (Å²) in [5, 5.41) is 12.1. The van der Waals surface area contributed by atoms with Crippen molar-refractivity contribution in [3.05, 3.63) is 5.01 Å². The molecule has 1 heterocycles. The van der Waals surface area contributed by atoms with Crippen LogP contribution in [0.2, 0.25) is 0 Å². The van der Waals surface area contributed by atoms with E-state index in [2.05, 4.69) is 15.5 Å². The zero-order valence-corrected chi connectivity index (χ0v) is 9.22. The number of nitrogens with one attached hydrogen (secondary N) is 1. The number of aryl methyl sites for hydroxylation is 1. The molecule has 0 spiro atoms. The van der Waals surface area contributed by atoms with Crippen LogP contribution < -0.4 is 5.32 Å². The van der Waals surface area contributed by atoms with Gasteiger partial charge in [0.05, 0.1) is 6.61 Å². The van der Waals surface area contributed by atoms with E-state index >= 15 is 0 Å².